The fourth-order valence-electron chi connectivity index (χ4n) is 1.92. The van der Waals surface area contributed by atoms with Gasteiger partial charge in [-0.2, -0.15) is 11.8 Å². The molecule has 0 bridgehead atoms. The van der Waals surface area contributed by atoms with Crippen LogP contribution in [0.3, 0.4) is 0 Å². The molecule has 0 aromatic heterocycles. The number of benzene rings is 1. The van der Waals surface area contributed by atoms with E-state index < -0.39 is 17.4 Å². The van der Waals surface area contributed by atoms with Gasteiger partial charge in [-0.25, -0.2) is 0 Å². The minimum atomic E-state index is -1.04. The summed E-state index contributed by atoms with van der Waals surface area (Å²) in [7, 11) is 0. The normalized spacial score (nSPS) is 14.9. The van der Waals surface area contributed by atoms with Gasteiger partial charge >= 0.3 is 11.8 Å². The Balaban J connectivity index is 1.84. The fraction of sp³-hybridized carbons (Fsp3) is 0.467. The molecule has 0 saturated heterocycles. The van der Waals surface area contributed by atoms with Crippen LogP contribution in [0.5, 0.6) is 11.5 Å². The molecule has 1 aliphatic heterocycles. The van der Waals surface area contributed by atoms with Crippen molar-refractivity contribution in [1.29, 1.82) is 0 Å². The lowest BCUT2D eigenvalue weighted by Crippen LogP contribution is -2.44. The third kappa shape index (κ3) is 5.04. The van der Waals surface area contributed by atoms with Gasteiger partial charge in [-0.3, -0.25) is 9.59 Å². The van der Waals surface area contributed by atoms with Gasteiger partial charge in [0.25, 0.3) is 0 Å². The van der Waals surface area contributed by atoms with Crippen molar-refractivity contribution in [2.45, 2.75) is 18.9 Å². The van der Waals surface area contributed by atoms with Gasteiger partial charge < -0.3 is 25.2 Å². The lowest BCUT2D eigenvalue weighted by Gasteiger charge is -2.23. The van der Waals surface area contributed by atoms with E-state index in [0.717, 1.165) is 5.75 Å². The molecule has 1 atom stereocenters. The van der Waals surface area contributed by atoms with Gasteiger partial charge in [0, 0.05) is 18.3 Å². The molecule has 23 heavy (non-hydrogen) atoms. The van der Waals surface area contributed by atoms with Crippen molar-refractivity contribution in [3.05, 3.63) is 18.2 Å². The molecule has 0 saturated carbocycles. The molecule has 2 rings (SSSR count). The summed E-state index contributed by atoms with van der Waals surface area (Å²) in [5, 5.41) is 15.0. The number of nitrogens with one attached hydrogen (secondary N) is 2. The predicted octanol–water partition coefficient (Wildman–Crippen LogP) is 0.974. The summed E-state index contributed by atoms with van der Waals surface area (Å²) in [6, 6.07) is 4.86. The molecular formula is C15H20N2O5S. The number of rotatable bonds is 6. The van der Waals surface area contributed by atoms with E-state index >= 15 is 0 Å². The number of carbonyl (C=O) groups excluding carboxylic acids is 2. The first kappa shape index (κ1) is 17.4. The minimum Gasteiger partial charge on any atom is -0.454 e. The van der Waals surface area contributed by atoms with Gasteiger partial charge in [-0.1, -0.05) is 0 Å². The smallest absolute Gasteiger partial charge is 0.313 e. The maximum Gasteiger partial charge on any atom is 0.313 e. The molecule has 1 heterocycles. The van der Waals surface area contributed by atoms with E-state index in [1.54, 1.807) is 36.9 Å². The number of hydrogen-bond acceptors (Lipinski definition) is 6. The quantitative estimate of drug-likeness (QED) is 0.668. The molecular weight excluding hydrogens is 320 g/mol. The standard InChI is InChI=1S/C15H20N2O5S/c1-15(20,5-6-23-2)8-16-13(18)14(19)17-10-3-4-11-12(7-10)22-9-21-11/h3-4,7,20H,5-6,8-9H2,1-2H3,(H,16,18)(H,17,19). The number of hydrogen-bond donors (Lipinski definition) is 3. The van der Waals surface area contributed by atoms with Crippen molar-refractivity contribution in [1.82, 2.24) is 5.32 Å². The second-order valence-corrected chi connectivity index (χ2v) is 6.43. The molecule has 0 fully saturated rings. The topological polar surface area (TPSA) is 96.9 Å². The van der Waals surface area contributed by atoms with Crippen molar-refractivity contribution in [3.63, 3.8) is 0 Å². The number of ether oxygens (including phenoxy) is 2. The van der Waals surface area contributed by atoms with E-state index in [-0.39, 0.29) is 13.3 Å². The molecule has 0 spiro atoms. The van der Waals surface area contributed by atoms with Crippen LogP contribution < -0.4 is 20.1 Å². The number of amides is 2. The largest absolute Gasteiger partial charge is 0.454 e. The number of fused-ring (bicyclic) bond motifs is 1. The van der Waals surface area contributed by atoms with E-state index in [4.69, 9.17) is 9.47 Å². The molecule has 0 aliphatic carbocycles. The highest BCUT2D eigenvalue weighted by Gasteiger charge is 2.23. The molecule has 0 radical (unpaired) electrons. The third-order valence-corrected chi connectivity index (χ3v) is 3.92. The highest BCUT2D eigenvalue weighted by Crippen LogP contribution is 2.34. The summed E-state index contributed by atoms with van der Waals surface area (Å²) in [4.78, 5) is 23.7. The molecule has 1 aromatic rings. The Labute approximate surface area is 138 Å². The van der Waals surface area contributed by atoms with E-state index in [0.29, 0.717) is 23.6 Å². The monoisotopic (exact) mass is 340 g/mol. The zero-order valence-corrected chi connectivity index (χ0v) is 13.9. The summed E-state index contributed by atoms with van der Waals surface area (Å²) < 4.78 is 10.4. The Morgan fingerprint density at radius 1 is 1.30 bits per heavy atom. The molecule has 8 heteroatoms. The highest BCUT2D eigenvalue weighted by atomic mass is 32.2. The number of thioether (sulfide) groups is 1. The Morgan fingerprint density at radius 2 is 2.04 bits per heavy atom. The predicted molar refractivity (Wildman–Crippen MR) is 87.8 cm³/mol. The fourth-order valence-corrected chi connectivity index (χ4v) is 2.57. The number of carbonyl (C=O) groups is 2. The maximum atomic E-state index is 11.9. The van der Waals surface area contributed by atoms with Crippen molar-refractivity contribution in [2.24, 2.45) is 0 Å². The summed E-state index contributed by atoms with van der Waals surface area (Å²) >= 11 is 1.61. The first-order valence-electron chi connectivity index (χ1n) is 7.11. The molecule has 3 N–H and O–H groups in total. The van der Waals surface area contributed by atoms with Crippen LogP contribution in [0, 0.1) is 0 Å². The van der Waals surface area contributed by atoms with E-state index in [9.17, 15) is 14.7 Å². The lowest BCUT2D eigenvalue weighted by atomic mass is 10.0. The Bertz CT molecular complexity index is 591. The average Bonchev–Trinajstić information content (AvgIpc) is 2.98. The van der Waals surface area contributed by atoms with Gasteiger partial charge in [0.05, 0.1) is 5.60 Å². The lowest BCUT2D eigenvalue weighted by molar-refractivity contribution is -0.136. The summed E-state index contributed by atoms with van der Waals surface area (Å²) in [5.74, 6) is 0.281. The molecule has 2 amide bonds. The first-order valence-corrected chi connectivity index (χ1v) is 8.51. The van der Waals surface area contributed by atoms with Gasteiger partial charge in [0.15, 0.2) is 11.5 Å². The van der Waals surface area contributed by atoms with Crippen LogP contribution in [0.25, 0.3) is 0 Å². The summed E-state index contributed by atoms with van der Waals surface area (Å²) in [6.45, 7) is 1.78. The van der Waals surface area contributed by atoms with Gasteiger partial charge in [-0.05, 0) is 37.5 Å². The van der Waals surface area contributed by atoms with Crippen LogP contribution in [0.2, 0.25) is 0 Å². The summed E-state index contributed by atoms with van der Waals surface area (Å²) in [6.07, 6.45) is 2.46. The van der Waals surface area contributed by atoms with Gasteiger partial charge in [-0.15, -0.1) is 0 Å². The molecule has 126 valence electrons. The molecule has 1 aliphatic rings. The Hall–Kier alpha value is -1.93. The van der Waals surface area contributed by atoms with Crippen LogP contribution in [-0.4, -0.2) is 47.9 Å². The zero-order valence-electron chi connectivity index (χ0n) is 13.0. The Kier molecular flexibility index (Phi) is 5.73. The molecule has 7 nitrogen and oxygen atoms in total. The van der Waals surface area contributed by atoms with Crippen LogP contribution in [0.15, 0.2) is 18.2 Å². The summed E-state index contributed by atoms with van der Waals surface area (Å²) in [5.41, 5.74) is -0.610. The first-order chi connectivity index (χ1) is 10.9. The Morgan fingerprint density at radius 3 is 2.78 bits per heavy atom. The van der Waals surface area contributed by atoms with Crippen molar-refractivity contribution < 1.29 is 24.2 Å². The van der Waals surface area contributed by atoms with Gasteiger partial charge in [0.2, 0.25) is 6.79 Å². The van der Waals surface area contributed by atoms with Crippen LogP contribution >= 0.6 is 11.8 Å². The number of anilines is 1. The van der Waals surface area contributed by atoms with Gasteiger partial charge in [0.1, 0.15) is 0 Å². The SMILES string of the molecule is CSCCC(C)(O)CNC(=O)C(=O)Nc1ccc2c(c1)OCO2. The second-order valence-electron chi connectivity index (χ2n) is 5.44. The molecule has 1 aromatic carbocycles. The molecule has 1 unspecified atom stereocenters. The average molecular weight is 340 g/mol. The minimum absolute atomic E-state index is 0.0148. The van der Waals surface area contributed by atoms with E-state index in [1.165, 1.54) is 0 Å². The van der Waals surface area contributed by atoms with E-state index in [1.807, 2.05) is 6.26 Å². The zero-order chi connectivity index (χ0) is 16.9. The maximum absolute atomic E-state index is 11.9. The third-order valence-electron chi connectivity index (χ3n) is 3.31. The number of aliphatic hydroxyl groups is 1. The highest BCUT2D eigenvalue weighted by molar-refractivity contribution is 7.98. The van der Waals surface area contributed by atoms with Crippen molar-refractivity contribution >= 4 is 29.3 Å². The van der Waals surface area contributed by atoms with Crippen LogP contribution in [0.1, 0.15) is 13.3 Å². The van der Waals surface area contributed by atoms with Crippen LogP contribution in [0.4, 0.5) is 5.69 Å². The van der Waals surface area contributed by atoms with E-state index in [2.05, 4.69) is 10.6 Å². The van der Waals surface area contributed by atoms with Crippen molar-refractivity contribution in [2.75, 3.05) is 30.7 Å². The van der Waals surface area contributed by atoms with Crippen molar-refractivity contribution in [3.8, 4) is 11.5 Å². The second kappa shape index (κ2) is 7.56. The van der Waals surface area contributed by atoms with Crippen LogP contribution in [-0.2, 0) is 9.59 Å².